The maximum absolute atomic E-state index is 13.9. The summed E-state index contributed by atoms with van der Waals surface area (Å²) >= 11 is 6.18. The molecular formula is C28H29ClFN3O3S. The Labute approximate surface area is 222 Å². The van der Waals surface area contributed by atoms with Gasteiger partial charge in [0.15, 0.2) is 0 Å². The third-order valence-corrected chi connectivity index (χ3v) is 9.21. The van der Waals surface area contributed by atoms with Crippen LogP contribution in [0.25, 0.3) is 11.1 Å². The van der Waals surface area contributed by atoms with Gasteiger partial charge >= 0.3 is 0 Å². The highest BCUT2D eigenvalue weighted by Crippen LogP contribution is 2.37. The van der Waals surface area contributed by atoms with Gasteiger partial charge in [0.2, 0.25) is 5.91 Å². The number of rotatable bonds is 7. The van der Waals surface area contributed by atoms with Crippen LogP contribution >= 0.6 is 11.6 Å². The number of likely N-dealkylation sites (tertiary alicyclic amines) is 1. The number of amides is 1. The van der Waals surface area contributed by atoms with Crippen molar-refractivity contribution >= 4 is 33.2 Å². The molecule has 1 amide bonds. The molecule has 0 unspecified atom stereocenters. The van der Waals surface area contributed by atoms with Crippen LogP contribution in [0.4, 0.5) is 10.1 Å². The summed E-state index contributed by atoms with van der Waals surface area (Å²) in [5.41, 5.74) is 2.60. The molecule has 0 spiro atoms. The minimum absolute atomic E-state index is 0.0669. The minimum atomic E-state index is -4.04. The van der Waals surface area contributed by atoms with E-state index in [9.17, 15) is 17.6 Å². The fraction of sp³-hybridized carbons (Fsp3) is 0.321. The SMILES string of the molecule is O=C(NCCN1CCCCC1)[C@@H]1Cc2ccccc2N1S(=O)(=O)c1ccc(-c2ccc(F)cc2Cl)cc1. The smallest absolute Gasteiger partial charge is 0.265 e. The van der Waals surface area contributed by atoms with Crippen LogP contribution in [0.5, 0.6) is 0 Å². The Morgan fingerprint density at radius 3 is 2.46 bits per heavy atom. The largest absolute Gasteiger partial charge is 0.353 e. The van der Waals surface area contributed by atoms with E-state index < -0.39 is 21.9 Å². The zero-order valence-electron chi connectivity index (χ0n) is 20.4. The van der Waals surface area contributed by atoms with Crippen molar-refractivity contribution in [3.05, 3.63) is 83.1 Å². The summed E-state index contributed by atoms with van der Waals surface area (Å²) < 4.78 is 42.4. The Morgan fingerprint density at radius 1 is 1.00 bits per heavy atom. The Hall–Kier alpha value is -2.94. The molecule has 2 aliphatic rings. The van der Waals surface area contributed by atoms with Gasteiger partial charge in [-0.2, -0.15) is 0 Å². The number of nitrogens with one attached hydrogen (secondary N) is 1. The van der Waals surface area contributed by atoms with Gasteiger partial charge in [0.1, 0.15) is 11.9 Å². The van der Waals surface area contributed by atoms with E-state index in [2.05, 4.69) is 10.2 Å². The average Bonchev–Trinajstić information content (AvgIpc) is 3.30. The minimum Gasteiger partial charge on any atom is -0.353 e. The van der Waals surface area contributed by atoms with Gasteiger partial charge in [-0.25, -0.2) is 12.8 Å². The van der Waals surface area contributed by atoms with Gasteiger partial charge in [-0.3, -0.25) is 9.10 Å². The van der Waals surface area contributed by atoms with Gasteiger partial charge < -0.3 is 10.2 Å². The van der Waals surface area contributed by atoms with Gasteiger partial charge in [0.25, 0.3) is 10.0 Å². The van der Waals surface area contributed by atoms with Crippen molar-refractivity contribution in [2.24, 2.45) is 0 Å². The third kappa shape index (κ3) is 5.37. The number of piperidine rings is 1. The molecule has 2 heterocycles. The molecule has 3 aromatic rings. The van der Waals surface area contributed by atoms with Gasteiger partial charge in [-0.1, -0.05) is 48.4 Å². The van der Waals surface area contributed by atoms with Crippen LogP contribution in [0.2, 0.25) is 5.02 Å². The van der Waals surface area contributed by atoms with Crippen LogP contribution in [-0.4, -0.2) is 51.4 Å². The second kappa shape index (κ2) is 10.8. The molecule has 9 heteroatoms. The zero-order chi connectivity index (χ0) is 26.0. The summed E-state index contributed by atoms with van der Waals surface area (Å²) in [6, 6.07) is 16.7. The highest BCUT2D eigenvalue weighted by atomic mass is 35.5. The predicted molar refractivity (Wildman–Crippen MR) is 144 cm³/mol. The molecule has 1 atom stereocenters. The van der Waals surface area contributed by atoms with Crippen molar-refractivity contribution in [2.45, 2.75) is 36.6 Å². The first-order chi connectivity index (χ1) is 17.8. The number of hydrogen-bond acceptors (Lipinski definition) is 4. The number of benzene rings is 3. The summed E-state index contributed by atoms with van der Waals surface area (Å²) in [5.74, 6) is -0.743. The van der Waals surface area contributed by atoms with E-state index in [1.807, 2.05) is 12.1 Å². The van der Waals surface area contributed by atoms with Crippen molar-refractivity contribution in [1.29, 1.82) is 0 Å². The van der Waals surface area contributed by atoms with E-state index in [0.717, 1.165) is 25.2 Å². The summed E-state index contributed by atoms with van der Waals surface area (Å²) in [4.78, 5) is 15.7. The maximum Gasteiger partial charge on any atom is 0.265 e. The normalized spacial score (nSPS) is 18.0. The van der Waals surface area contributed by atoms with Crippen LogP contribution in [0.3, 0.4) is 0 Å². The maximum atomic E-state index is 13.9. The Bertz CT molecular complexity index is 1390. The van der Waals surface area contributed by atoms with E-state index in [4.69, 9.17) is 11.6 Å². The van der Waals surface area contributed by atoms with Gasteiger partial charge in [-0.15, -0.1) is 0 Å². The third-order valence-electron chi connectivity index (χ3n) is 7.06. The van der Waals surface area contributed by atoms with Crippen LogP contribution < -0.4 is 9.62 Å². The summed E-state index contributed by atoms with van der Waals surface area (Å²) in [7, 11) is -4.04. The summed E-state index contributed by atoms with van der Waals surface area (Å²) in [5, 5.41) is 3.21. The quantitative estimate of drug-likeness (QED) is 0.463. The molecule has 2 aliphatic heterocycles. The van der Waals surface area contributed by atoms with Crippen molar-refractivity contribution in [2.75, 3.05) is 30.5 Å². The standard InChI is InChI=1S/C28H29ClFN3O3S/c29-25-19-22(30)10-13-24(25)20-8-11-23(12-9-20)37(35,36)33-26-7-3-2-6-21(26)18-27(33)28(34)31-14-17-32-15-4-1-5-16-32/h2-3,6-13,19,27H,1,4-5,14-18H2,(H,31,34)/t27-/m0/s1. The van der Waals surface area contributed by atoms with Crippen molar-refractivity contribution in [3.8, 4) is 11.1 Å². The first kappa shape index (κ1) is 25.7. The van der Waals surface area contributed by atoms with Crippen molar-refractivity contribution < 1.29 is 17.6 Å². The van der Waals surface area contributed by atoms with E-state index >= 15 is 0 Å². The molecule has 0 saturated carbocycles. The number of nitrogens with zero attached hydrogens (tertiary/aromatic N) is 2. The second-order valence-corrected chi connectivity index (χ2v) is 11.7. The molecule has 37 heavy (non-hydrogen) atoms. The number of carbonyl (C=O) groups is 1. The Morgan fingerprint density at radius 2 is 1.73 bits per heavy atom. The molecule has 0 radical (unpaired) electrons. The monoisotopic (exact) mass is 541 g/mol. The predicted octanol–water partition coefficient (Wildman–Crippen LogP) is 4.87. The fourth-order valence-electron chi connectivity index (χ4n) is 5.14. The van der Waals surface area contributed by atoms with Crippen LogP contribution in [0.1, 0.15) is 24.8 Å². The van der Waals surface area contributed by atoms with Crippen LogP contribution in [0, 0.1) is 5.82 Å². The molecule has 3 aromatic carbocycles. The lowest BCUT2D eigenvalue weighted by Crippen LogP contribution is -2.49. The molecular weight excluding hydrogens is 513 g/mol. The number of halogens is 2. The molecule has 0 aliphatic carbocycles. The van der Waals surface area contributed by atoms with Crippen LogP contribution in [-0.2, 0) is 21.2 Å². The first-order valence-corrected chi connectivity index (χ1v) is 14.3. The summed E-state index contributed by atoms with van der Waals surface area (Å²) in [6.45, 7) is 3.30. The molecule has 1 fully saturated rings. The topological polar surface area (TPSA) is 69.7 Å². The average molecular weight is 542 g/mol. The van der Waals surface area contributed by atoms with Gasteiger partial charge in [-0.05, 0) is 73.5 Å². The molecule has 1 saturated heterocycles. The fourth-order valence-corrected chi connectivity index (χ4v) is 7.06. The molecule has 194 valence electrons. The van der Waals surface area contributed by atoms with Crippen molar-refractivity contribution in [1.82, 2.24) is 10.2 Å². The second-order valence-electron chi connectivity index (χ2n) is 9.49. The van der Waals surface area contributed by atoms with E-state index in [0.29, 0.717) is 29.8 Å². The molecule has 5 rings (SSSR count). The van der Waals surface area contributed by atoms with Gasteiger partial charge in [0.05, 0.1) is 15.6 Å². The molecule has 0 bridgehead atoms. The van der Waals surface area contributed by atoms with E-state index in [-0.39, 0.29) is 15.8 Å². The summed E-state index contributed by atoms with van der Waals surface area (Å²) in [6.07, 6.45) is 3.90. The van der Waals surface area contributed by atoms with Crippen LogP contribution in [0.15, 0.2) is 71.6 Å². The first-order valence-electron chi connectivity index (χ1n) is 12.5. The Kier molecular flexibility index (Phi) is 7.51. The lowest BCUT2D eigenvalue weighted by atomic mass is 10.1. The number of sulfonamides is 1. The molecule has 6 nitrogen and oxygen atoms in total. The zero-order valence-corrected chi connectivity index (χ0v) is 21.9. The molecule has 0 aromatic heterocycles. The van der Waals surface area contributed by atoms with Crippen molar-refractivity contribution in [3.63, 3.8) is 0 Å². The molecule has 1 N–H and O–H groups in total. The highest BCUT2D eigenvalue weighted by molar-refractivity contribution is 7.93. The number of carbonyl (C=O) groups excluding carboxylic acids is 1. The van der Waals surface area contributed by atoms with Gasteiger partial charge in [0, 0.05) is 25.1 Å². The highest BCUT2D eigenvalue weighted by Gasteiger charge is 2.42. The number of fused-ring (bicyclic) bond motifs is 1. The lowest BCUT2D eigenvalue weighted by Gasteiger charge is -2.28. The lowest BCUT2D eigenvalue weighted by molar-refractivity contribution is -0.122. The number of hydrogen-bond donors (Lipinski definition) is 1. The van der Waals surface area contributed by atoms with E-state index in [1.165, 1.54) is 47.8 Å². The Balaban J connectivity index is 1.38. The number of anilines is 1. The number of para-hydroxylation sites is 1. The van der Waals surface area contributed by atoms with E-state index in [1.54, 1.807) is 30.3 Å².